The SMILES string of the molecule is [2H]OB(O[2H])[C@H](CC(C)C)N([2H])C(=O)[C@H](Cc1ccccc1)N([2H])C(=O)c1cnccn1. The number of carbonyl (C=O) groups is 2. The number of amides is 2. The quantitative estimate of drug-likeness (QED) is 0.412. The Morgan fingerprint density at radius 1 is 1.21 bits per heavy atom. The average molecular weight is 388 g/mol. The highest BCUT2D eigenvalue weighted by atomic mass is 16.4. The zero-order chi connectivity index (χ0) is 23.7. The normalized spacial score (nSPS) is 14.8. The van der Waals surface area contributed by atoms with E-state index in [1.165, 1.54) is 18.6 Å². The Kier molecular flexibility index (Phi) is 6.09. The minimum atomic E-state index is -1.49. The number of hydrogen-bond acceptors (Lipinski definition) is 6. The highest BCUT2D eigenvalue weighted by Crippen LogP contribution is 2.09. The van der Waals surface area contributed by atoms with Crippen LogP contribution in [0.2, 0.25) is 2.82 Å². The summed E-state index contributed by atoms with van der Waals surface area (Å²) < 4.78 is 31.1. The lowest BCUT2D eigenvalue weighted by atomic mass is 9.75. The van der Waals surface area contributed by atoms with E-state index < -0.39 is 30.9 Å². The van der Waals surface area contributed by atoms with E-state index in [1.807, 2.05) is 13.8 Å². The molecule has 9 heteroatoms. The van der Waals surface area contributed by atoms with Gasteiger partial charge in [-0.15, -0.1) is 0 Å². The van der Waals surface area contributed by atoms with Gasteiger partial charge in [0.05, 0.1) is 12.1 Å². The maximum atomic E-state index is 13.3. The Morgan fingerprint density at radius 3 is 2.57 bits per heavy atom. The molecule has 2 amide bonds. The predicted octanol–water partition coefficient (Wildman–Crippen LogP) is 0.361. The molecular formula is C19H25BN4O4. The fourth-order valence-electron chi connectivity index (χ4n) is 2.60. The smallest absolute Gasteiger partial charge is 0.426 e. The molecule has 0 spiro atoms. The topological polar surface area (TPSA) is 124 Å². The van der Waals surface area contributed by atoms with Gasteiger partial charge in [0.25, 0.3) is 5.91 Å². The number of aromatic nitrogens is 2. The molecule has 0 aliphatic heterocycles. The standard InChI is InChI=1S/C19H25BN4O4/c1-13(2)10-17(20(27)28)24-18(25)15(11-14-6-4-3-5-7-14)23-19(26)16-12-21-8-9-22-16/h3-9,12-13,15,17,27-28H,10-11H2,1-2H3,(H,23,26)(H,24,25)/t15-,17-/m0/s1/i27D,28D/hD2. The number of rotatable bonds is 11. The van der Waals surface area contributed by atoms with Crippen LogP contribution in [0, 0.1) is 5.92 Å². The number of nitrogens with one attached hydrogen (secondary N) is 2. The molecule has 1 heterocycles. The summed E-state index contributed by atoms with van der Waals surface area (Å²) in [4.78, 5) is 33.8. The maximum absolute atomic E-state index is 13.3. The third-order valence-corrected chi connectivity index (χ3v) is 3.93. The van der Waals surface area contributed by atoms with Crippen molar-refractivity contribution in [2.45, 2.75) is 38.7 Å². The van der Waals surface area contributed by atoms with Crippen LogP contribution in [0.15, 0.2) is 48.9 Å². The van der Waals surface area contributed by atoms with Crippen LogP contribution in [0.25, 0.3) is 0 Å². The lowest BCUT2D eigenvalue weighted by Crippen LogP contribution is -2.55. The largest absolute Gasteiger partial charge is 0.475 e. The molecule has 1 aromatic carbocycles. The van der Waals surface area contributed by atoms with Crippen LogP contribution in [-0.4, -0.2) is 53.8 Å². The van der Waals surface area contributed by atoms with E-state index in [-0.39, 0.29) is 24.5 Å². The van der Waals surface area contributed by atoms with E-state index in [9.17, 15) is 9.59 Å². The van der Waals surface area contributed by atoms with Gasteiger partial charge in [-0.25, -0.2) is 4.98 Å². The Hall–Kier alpha value is -2.78. The van der Waals surface area contributed by atoms with Gasteiger partial charge < -0.3 is 20.7 Å². The molecule has 8 nitrogen and oxygen atoms in total. The summed E-state index contributed by atoms with van der Waals surface area (Å²) in [5, 5.41) is 9.79. The maximum Gasteiger partial charge on any atom is 0.475 e. The molecule has 0 unspecified atom stereocenters. The van der Waals surface area contributed by atoms with E-state index in [0.717, 1.165) is 0 Å². The minimum absolute atomic E-state index is 0.0191. The van der Waals surface area contributed by atoms with E-state index in [0.29, 0.717) is 16.2 Å². The molecular weight excluding hydrogens is 359 g/mol. The monoisotopic (exact) mass is 388 g/mol. The van der Waals surface area contributed by atoms with Gasteiger partial charge in [-0.3, -0.25) is 14.6 Å². The van der Waals surface area contributed by atoms with Gasteiger partial charge in [0.15, 0.2) is 5.69 Å². The molecule has 0 aliphatic carbocycles. The second-order valence-electron chi connectivity index (χ2n) is 6.76. The average Bonchev–Trinajstić information content (AvgIpc) is 2.81. The molecule has 2 rings (SSSR count). The van der Waals surface area contributed by atoms with Crippen molar-refractivity contribution >= 4 is 18.9 Å². The van der Waals surface area contributed by atoms with E-state index in [2.05, 4.69) is 20.0 Å². The lowest BCUT2D eigenvalue weighted by Gasteiger charge is -2.24. The Balaban J connectivity index is 2.38. The van der Waals surface area contributed by atoms with Crippen molar-refractivity contribution in [1.82, 2.24) is 20.6 Å². The van der Waals surface area contributed by atoms with Crippen molar-refractivity contribution in [2.75, 3.05) is 0 Å². The first-order valence-electron chi connectivity index (χ1n) is 10.7. The molecule has 0 saturated heterocycles. The van der Waals surface area contributed by atoms with E-state index >= 15 is 0 Å². The summed E-state index contributed by atoms with van der Waals surface area (Å²) >= 11 is 0. The highest BCUT2D eigenvalue weighted by molar-refractivity contribution is 6.43. The molecule has 0 fully saturated rings. The molecule has 0 aliphatic rings. The fourth-order valence-corrected chi connectivity index (χ4v) is 2.60. The molecule has 0 bridgehead atoms. The first kappa shape index (κ1) is 16.2. The van der Waals surface area contributed by atoms with Crippen molar-refractivity contribution in [2.24, 2.45) is 5.92 Å². The highest BCUT2D eigenvalue weighted by Gasteiger charge is 2.30. The van der Waals surface area contributed by atoms with Crippen molar-refractivity contribution in [3.05, 3.63) is 60.2 Å². The zero-order valence-electron chi connectivity index (χ0n) is 19.8. The Bertz CT molecular complexity index is 865. The predicted molar refractivity (Wildman–Crippen MR) is 105 cm³/mol. The van der Waals surface area contributed by atoms with Crippen LogP contribution in [0.3, 0.4) is 0 Å². The second kappa shape index (κ2) is 10.5. The number of benzene rings is 1. The van der Waals surface area contributed by atoms with Crippen LogP contribution in [-0.2, 0) is 11.2 Å². The van der Waals surface area contributed by atoms with E-state index in [1.54, 1.807) is 30.3 Å². The lowest BCUT2D eigenvalue weighted by molar-refractivity contribution is -0.123. The van der Waals surface area contributed by atoms with Gasteiger partial charge in [-0.1, -0.05) is 44.2 Å². The first-order valence-corrected chi connectivity index (χ1v) is 8.98. The summed E-state index contributed by atoms with van der Waals surface area (Å²) in [6, 6.07) is 7.41. The summed E-state index contributed by atoms with van der Waals surface area (Å²) in [7, 11) is -1.49. The summed E-state index contributed by atoms with van der Waals surface area (Å²) in [6.07, 6.45) is 4.03. The van der Waals surface area contributed by atoms with Gasteiger partial charge in [0.2, 0.25) is 5.91 Å². The molecule has 4 N–H and O–H groups in total. The second-order valence-corrected chi connectivity index (χ2v) is 6.76. The van der Waals surface area contributed by atoms with Gasteiger partial charge in [-0.2, -0.15) is 0 Å². The summed E-state index contributed by atoms with van der Waals surface area (Å²) in [5.41, 5.74) is 0.555. The Morgan fingerprint density at radius 2 is 1.96 bits per heavy atom. The fraction of sp³-hybridized carbons (Fsp3) is 0.368. The van der Waals surface area contributed by atoms with Crippen molar-refractivity contribution in [3.63, 3.8) is 0 Å². The van der Waals surface area contributed by atoms with Crippen molar-refractivity contribution in [1.29, 1.82) is 2.86 Å². The van der Waals surface area contributed by atoms with Crippen LogP contribution in [0.1, 0.15) is 36.3 Å². The van der Waals surface area contributed by atoms with Crippen molar-refractivity contribution in [3.8, 4) is 0 Å². The molecule has 0 saturated carbocycles. The third kappa shape index (κ3) is 6.75. The van der Waals surface area contributed by atoms with Crippen LogP contribution in [0.4, 0.5) is 0 Å². The molecule has 28 heavy (non-hydrogen) atoms. The molecule has 0 radical (unpaired) electrons. The third-order valence-electron chi connectivity index (χ3n) is 3.93. The molecule has 2 atom stereocenters. The Labute approximate surface area is 170 Å². The van der Waals surface area contributed by atoms with Gasteiger partial charge >= 0.3 is 7.12 Å². The van der Waals surface area contributed by atoms with E-state index in [4.69, 9.17) is 5.69 Å². The molecule has 148 valence electrons. The minimum Gasteiger partial charge on any atom is -0.426 e. The zero-order valence-corrected chi connectivity index (χ0v) is 15.8. The van der Waals surface area contributed by atoms with Gasteiger partial charge in [0, 0.05) is 18.8 Å². The molecule has 2 aromatic rings. The van der Waals surface area contributed by atoms with Crippen LogP contribution in [0.5, 0.6) is 0 Å². The van der Waals surface area contributed by atoms with Gasteiger partial charge in [0.1, 0.15) is 11.7 Å². The first-order chi connectivity index (χ1) is 15.3. The van der Waals surface area contributed by atoms with Crippen LogP contribution < -0.4 is 10.6 Å². The number of hydrogen-bond donors (Lipinski definition) is 4. The van der Waals surface area contributed by atoms with Gasteiger partial charge in [-0.05, 0) is 17.9 Å². The summed E-state index contributed by atoms with van der Waals surface area (Å²) in [6.45, 7) is 3.68. The number of nitrogens with zero attached hydrogens (tertiary/aromatic N) is 2. The number of carbonyl (C=O) groups excluding carboxylic acids is 2. The van der Waals surface area contributed by atoms with Crippen molar-refractivity contribution < 1.29 is 22.5 Å². The van der Waals surface area contributed by atoms with Crippen LogP contribution >= 0.6 is 0 Å². The molecule has 1 aromatic heterocycles. The summed E-state index contributed by atoms with van der Waals surface area (Å²) in [5.74, 6) is -2.86.